The smallest absolute Gasteiger partial charge is 0.228 e. The van der Waals surface area contributed by atoms with Gasteiger partial charge < -0.3 is 5.32 Å². The van der Waals surface area contributed by atoms with Crippen LogP contribution in [0.15, 0.2) is 54.4 Å². The molecule has 1 aromatic carbocycles. The predicted molar refractivity (Wildman–Crippen MR) is 79.1 cm³/mol. The second-order valence-corrected chi connectivity index (χ2v) is 4.92. The highest BCUT2D eigenvalue weighted by Gasteiger charge is 2.26. The number of carbonyl (C=O) groups is 2. The van der Waals surface area contributed by atoms with Gasteiger partial charge in [0.1, 0.15) is 11.5 Å². The summed E-state index contributed by atoms with van der Waals surface area (Å²) in [5, 5.41) is 2.90. The largest absolute Gasteiger partial charge is 0.381 e. The Morgan fingerprint density at radius 1 is 1.09 bits per heavy atom. The molecule has 3 rings (SSSR count). The molecular formula is C17H13FN2O2. The molecule has 1 aliphatic rings. The molecule has 110 valence electrons. The standard InChI is InChI=1S/C17H13FN2O2/c18-13-6-2-1-4-11(13)7-9-19-14-10-15(21)12-5-3-8-20-16(12)17(14)22/h1-6,8,10,19H,7,9H2. The number of Topliss-reactive ketones (excluding diaryl/α,β-unsaturated/α-hetero) is 1. The Kier molecular flexibility index (Phi) is 3.78. The van der Waals surface area contributed by atoms with E-state index in [1.165, 1.54) is 18.3 Å². The molecule has 22 heavy (non-hydrogen) atoms. The lowest BCUT2D eigenvalue weighted by atomic mass is 9.97. The molecule has 0 amide bonds. The highest BCUT2D eigenvalue weighted by Crippen LogP contribution is 2.17. The third-order valence-electron chi connectivity index (χ3n) is 3.48. The van der Waals surface area contributed by atoms with Crippen LogP contribution in [0.25, 0.3) is 0 Å². The molecule has 0 aliphatic heterocycles. The summed E-state index contributed by atoms with van der Waals surface area (Å²) in [6.45, 7) is 0.355. The molecule has 1 N–H and O–H groups in total. The van der Waals surface area contributed by atoms with Crippen LogP contribution in [0.3, 0.4) is 0 Å². The van der Waals surface area contributed by atoms with Crippen LogP contribution in [-0.4, -0.2) is 23.1 Å². The quantitative estimate of drug-likeness (QED) is 0.940. The molecule has 1 heterocycles. The number of hydrogen-bond acceptors (Lipinski definition) is 4. The summed E-state index contributed by atoms with van der Waals surface area (Å²) in [6, 6.07) is 9.66. The summed E-state index contributed by atoms with van der Waals surface area (Å²) in [4.78, 5) is 28.2. The van der Waals surface area contributed by atoms with Crippen LogP contribution < -0.4 is 5.32 Å². The van der Waals surface area contributed by atoms with E-state index in [0.29, 0.717) is 24.1 Å². The summed E-state index contributed by atoms with van der Waals surface area (Å²) in [5.41, 5.74) is 1.23. The van der Waals surface area contributed by atoms with Gasteiger partial charge >= 0.3 is 0 Å². The zero-order valence-electron chi connectivity index (χ0n) is 11.7. The van der Waals surface area contributed by atoms with Gasteiger partial charge in [-0.25, -0.2) is 4.39 Å². The number of rotatable bonds is 4. The number of allylic oxidation sites excluding steroid dienone is 2. The first-order valence-electron chi connectivity index (χ1n) is 6.90. The third-order valence-corrected chi connectivity index (χ3v) is 3.48. The Hall–Kier alpha value is -2.82. The Morgan fingerprint density at radius 2 is 1.91 bits per heavy atom. The fourth-order valence-corrected chi connectivity index (χ4v) is 2.35. The molecule has 0 unspecified atom stereocenters. The molecule has 1 aromatic heterocycles. The average Bonchev–Trinajstić information content (AvgIpc) is 2.54. The van der Waals surface area contributed by atoms with Crippen molar-refractivity contribution < 1.29 is 14.0 Å². The first kappa shape index (κ1) is 14.1. The van der Waals surface area contributed by atoms with Gasteiger partial charge in [-0.1, -0.05) is 18.2 Å². The highest BCUT2D eigenvalue weighted by atomic mass is 19.1. The van der Waals surface area contributed by atoms with Crippen LogP contribution in [0.4, 0.5) is 4.39 Å². The van der Waals surface area contributed by atoms with Crippen molar-refractivity contribution in [3.05, 3.63) is 77.0 Å². The fraction of sp³-hybridized carbons (Fsp3) is 0.118. The SMILES string of the molecule is O=C1C=C(NCCc2ccccc2F)C(=O)c2ncccc21. The van der Waals surface area contributed by atoms with Crippen molar-refractivity contribution >= 4 is 11.6 Å². The number of carbonyl (C=O) groups excluding carboxylic acids is 2. The van der Waals surface area contributed by atoms with Crippen LogP contribution in [-0.2, 0) is 6.42 Å². The number of halogens is 1. The van der Waals surface area contributed by atoms with Crippen molar-refractivity contribution in [2.45, 2.75) is 6.42 Å². The summed E-state index contributed by atoms with van der Waals surface area (Å²) in [5.74, 6) is -0.851. The van der Waals surface area contributed by atoms with Gasteiger partial charge in [-0.3, -0.25) is 14.6 Å². The lowest BCUT2D eigenvalue weighted by Gasteiger charge is -2.15. The van der Waals surface area contributed by atoms with Crippen LogP contribution in [0.1, 0.15) is 26.4 Å². The van der Waals surface area contributed by atoms with Gasteiger partial charge in [0.15, 0.2) is 5.78 Å². The van der Waals surface area contributed by atoms with E-state index in [9.17, 15) is 14.0 Å². The summed E-state index contributed by atoms with van der Waals surface area (Å²) in [6.07, 6.45) is 3.17. The fourth-order valence-electron chi connectivity index (χ4n) is 2.35. The Bertz CT molecular complexity index is 784. The normalized spacial score (nSPS) is 13.6. The van der Waals surface area contributed by atoms with Crippen LogP contribution >= 0.6 is 0 Å². The van der Waals surface area contributed by atoms with Gasteiger partial charge in [0.2, 0.25) is 5.78 Å². The molecule has 0 spiro atoms. The van der Waals surface area contributed by atoms with Gasteiger partial charge in [-0.15, -0.1) is 0 Å². The second kappa shape index (κ2) is 5.89. The van der Waals surface area contributed by atoms with Gasteiger partial charge in [0, 0.05) is 18.8 Å². The number of aromatic nitrogens is 1. The zero-order chi connectivity index (χ0) is 15.5. The maximum Gasteiger partial charge on any atom is 0.228 e. The molecule has 0 atom stereocenters. The molecule has 0 bridgehead atoms. The molecule has 0 saturated carbocycles. The topological polar surface area (TPSA) is 59.1 Å². The van der Waals surface area contributed by atoms with Gasteiger partial charge in [0.25, 0.3) is 0 Å². The minimum atomic E-state index is -0.316. The van der Waals surface area contributed by atoms with Crippen molar-refractivity contribution in [3.63, 3.8) is 0 Å². The highest BCUT2D eigenvalue weighted by molar-refractivity contribution is 6.23. The Labute approximate surface area is 126 Å². The number of benzene rings is 1. The Morgan fingerprint density at radius 3 is 2.73 bits per heavy atom. The zero-order valence-corrected chi connectivity index (χ0v) is 11.7. The monoisotopic (exact) mass is 296 g/mol. The molecule has 0 radical (unpaired) electrons. The summed E-state index contributed by atoms with van der Waals surface area (Å²) in [7, 11) is 0. The first-order chi connectivity index (χ1) is 10.7. The second-order valence-electron chi connectivity index (χ2n) is 4.92. The van der Waals surface area contributed by atoms with Crippen LogP contribution in [0, 0.1) is 5.82 Å². The molecule has 5 heteroatoms. The number of nitrogens with zero attached hydrogens (tertiary/aromatic N) is 1. The molecule has 0 fully saturated rings. The van der Waals surface area contributed by atoms with Gasteiger partial charge in [-0.05, 0) is 30.2 Å². The number of fused-ring (bicyclic) bond motifs is 1. The van der Waals surface area contributed by atoms with Crippen molar-refractivity contribution in [1.82, 2.24) is 10.3 Å². The van der Waals surface area contributed by atoms with E-state index in [1.54, 1.807) is 30.3 Å². The molecule has 4 nitrogen and oxygen atoms in total. The molecular weight excluding hydrogens is 283 g/mol. The van der Waals surface area contributed by atoms with E-state index in [2.05, 4.69) is 10.3 Å². The number of ketones is 2. The Balaban J connectivity index is 1.71. The maximum absolute atomic E-state index is 13.5. The van der Waals surface area contributed by atoms with E-state index in [1.807, 2.05) is 0 Å². The van der Waals surface area contributed by atoms with Gasteiger partial charge in [-0.2, -0.15) is 0 Å². The van der Waals surface area contributed by atoms with E-state index in [4.69, 9.17) is 0 Å². The van der Waals surface area contributed by atoms with Crippen molar-refractivity contribution in [1.29, 1.82) is 0 Å². The first-order valence-corrected chi connectivity index (χ1v) is 6.90. The van der Waals surface area contributed by atoms with E-state index in [-0.39, 0.29) is 28.8 Å². The molecule has 2 aromatic rings. The van der Waals surface area contributed by atoms with Crippen molar-refractivity contribution in [2.75, 3.05) is 6.54 Å². The minimum absolute atomic E-state index is 0.156. The van der Waals surface area contributed by atoms with E-state index >= 15 is 0 Å². The van der Waals surface area contributed by atoms with Gasteiger partial charge in [0.05, 0.1) is 11.3 Å². The predicted octanol–water partition coefficient (Wildman–Crippen LogP) is 2.32. The van der Waals surface area contributed by atoms with Crippen LogP contribution in [0.2, 0.25) is 0 Å². The summed E-state index contributed by atoms with van der Waals surface area (Å²) < 4.78 is 13.5. The van der Waals surface area contributed by atoms with Crippen molar-refractivity contribution in [3.8, 4) is 0 Å². The maximum atomic E-state index is 13.5. The van der Waals surface area contributed by atoms with Crippen molar-refractivity contribution in [2.24, 2.45) is 0 Å². The average molecular weight is 296 g/mol. The molecule has 1 aliphatic carbocycles. The number of nitrogens with one attached hydrogen (secondary N) is 1. The third kappa shape index (κ3) is 2.65. The number of hydrogen-bond donors (Lipinski definition) is 1. The lowest BCUT2D eigenvalue weighted by Crippen LogP contribution is -2.29. The summed E-state index contributed by atoms with van der Waals surface area (Å²) >= 11 is 0. The number of pyridine rings is 1. The minimum Gasteiger partial charge on any atom is -0.381 e. The van der Waals surface area contributed by atoms with Crippen LogP contribution in [0.5, 0.6) is 0 Å². The van der Waals surface area contributed by atoms with E-state index in [0.717, 1.165) is 0 Å². The van der Waals surface area contributed by atoms with E-state index < -0.39 is 0 Å². The molecule has 0 saturated heterocycles. The lowest BCUT2D eigenvalue weighted by molar-refractivity contribution is 0.0974.